The van der Waals surface area contributed by atoms with Gasteiger partial charge in [0.25, 0.3) is 10.0 Å². The minimum atomic E-state index is -3.90. The van der Waals surface area contributed by atoms with Crippen molar-refractivity contribution in [1.82, 2.24) is 5.32 Å². The number of carbonyl (C=O) groups is 1. The molecule has 0 aliphatic heterocycles. The van der Waals surface area contributed by atoms with Crippen molar-refractivity contribution >= 4 is 21.6 Å². The molecule has 1 N–H and O–H groups in total. The average Bonchev–Trinajstić information content (AvgIpc) is 2.78. The van der Waals surface area contributed by atoms with Crippen molar-refractivity contribution < 1.29 is 17.9 Å². The molecular formula is C23H24N2O4S. The fourth-order valence-electron chi connectivity index (χ4n) is 3.02. The van der Waals surface area contributed by atoms with Crippen molar-refractivity contribution in [3.05, 3.63) is 90.5 Å². The SMILES string of the molecule is COc1ccc([C@H](C)NC(=O)CN(c2ccccc2)S(=O)(=O)c2ccccc2)cc1. The Morgan fingerprint density at radius 2 is 1.50 bits per heavy atom. The van der Waals surface area contributed by atoms with Gasteiger partial charge in [-0.15, -0.1) is 0 Å². The van der Waals surface area contributed by atoms with E-state index in [2.05, 4.69) is 5.32 Å². The lowest BCUT2D eigenvalue weighted by Gasteiger charge is -2.25. The number of carbonyl (C=O) groups excluding carboxylic acids is 1. The summed E-state index contributed by atoms with van der Waals surface area (Å²) in [5.74, 6) is 0.322. The third kappa shape index (κ3) is 4.99. The van der Waals surface area contributed by atoms with E-state index in [4.69, 9.17) is 4.74 Å². The van der Waals surface area contributed by atoms with Crippen molar-refractivity contribution in [3.63, 3.8) is 0 Å². The van der Waals surface area contributed by atoms with Crippen LogP contribution in [0.1, 0.15) is 18.5 Å². The van der Waals surface area contributed by atoms with E-state index >= 15 is 0 Å². The molecule has 0 radical (unpaired) electrons. The number of methoxy groups -OCH3 is 1. The summed E-state index contributed by atoms with van der Waals surface area (Å²) in [4.78, 5) is 12.9. The third-order valence-electron chi connectivity index (χ3n) is 4.66. The van der Waals surface area contributed by atoms with Crippen LogP contribution in [0.5, 0.6) is 5.75 Å². The highest BCUT2D eigenvalue weighted by molar-refractivity contribution is 7.92. The van der Waals surface area contributed by atoms with Crippen LogP contribution in [0.2, 0.25) is 0 Å². The summed E-state index contributed by atoms with van der Waals surface area (Å²) in [6.45, 7) is 1.51. The van der Waals surface area contributed by atoms with E-state index in [1.165, 1.54) is 12.1 Å². The number of hydrogen-bond acceptors (Lipinski definition) is 4. The first-order chi connectivity index (χ1) is 14.4. The second-order valence-corrected chi connectivity index (χ2v) is 8.58. The van der Waals surface area contributed by atoms with Gasteiger partial charge in [0.1, 0.15) is 12.3 Å². The Hall–Kier alpha value is -3.32. The van der Waals surface area contributed by atoms with Crippen molar-refractivity contribution in [2.24, 2.45) is 0 Å². The Morgan fingerprint density at radius 3 is 2.07 bits per heavy atom. The Bertz CT molecular complexity index is 1070. The number of benzene rings is 3. The maximum absolute atomic E-state index is 13.2. The molecule has 0 spiro atoms. The number of nitrogens with one attached hydrogen (secondary N) is 1. The van der Waals surface area contributed by atoms with Crippen molar-refractivity contribution in [3.8, 4) is 5.75 Å². The number of amides is 1. The van der Waals surface area contributed by atoms with Crippen LogP contribution in [0.15, 0.2) is 89.8 Å². The summed E-state index contributed by atoms with van der Waals surface area (Å²) in [5.41, 5.74) is 1.31. The molecule has 6 nitrogen and oxygen atoms in total. The number of sulfonamides is 1. The normalized spacial score (nSPS) is 12.1. The molecule has 30 heavy (non-hydrogen) atoms. The van der Waals surface area contributed by atoms with Crippen LogP contribution < -0.4 is 14.4 Å². The Kier molecular flexibility index (Phi) is 6.74. The van der Waals surface area contributed by atoms with Gasteiger partial charge in [0.2, 0.25) is 5.91 Å². The van der Waals surface area contributed by atoms with Gasteiger partial charge < -0.3 is 10.1 Å². The minimum Gasteiger partial charge on any atom is -0.497 e. The van der Waals surface area contributed by atoms with E-state index in [9.17, 15) is 13.2 Å². The summed E-state index contributed by atoms with van der Waals surface area (Å²) < 4.78 is 32.7. The first-order valence-electron chi connectivity index (χ1n) is 9.48. The molecule has 3 aromatic carbocycles. The van der Waals surface area contributed by atoms with Crippen molar-refractivity contribution in [2.45, 2.75) is 17.9 Å². The summed E-state index contributed by atoms with van der Waals surface area (Å²) >= 11 is 0. The Morgan fingerprint density at radius 1 is 0.933 bits per heavy atom. The molecule has 7 heteroatoms. The van der Waals surface area contributed by atoms with Crippen LogP contribution in [-0.2, 0) is 14.8 Å². The molecule has 0 aliphatic rings. The quantitative estimate of drug-likeness (QED) is 0.597. The molecule has 3 aromatic rings. The summed E-state index contributed by atoms with van der Waals surface area (Å²) in [5, 5.41) is 2.87. The van der Waals surface area contributed by atoms with Gasteiger partial charge in [0, 0.05) is 0 Å². The van der Waals surface area contributed by atoms with E-state index in [1.807, 2.05) is 31.2 Å². The van der Waals surface area contributed by atoms with Gasteiger partial charge in [0.05, 0.1) is 23.7 Å². The second-order valence-electron chi connectivity index (χ2n) is 6.72. The molecule has 0 heterocycles. The minimum absolute atomic E-state index is 0.129. The molecule has 0 aromatic heterocycles. The lowest BCUT2D eigenvalue weighted by molar-refractivity contribution is -0.120. The van der Waals surface area contributed by atoms with Crippen molar-refractivity contribution in [2.75, 3.05) is 18.0 Å². The number of para-hydroxylation sites is 1. The zero-order valence-corrected chi connectivity index (χ0v) is 17.7. The highest BCUT2D eigenvalue weighted by Crippen LogP contribution is 2.23. The smallest absolute Gasteiger partial charge is 0.264 e. The highest BCUT2D eigenvalue weighted by atomic mass is 32.2. The number of anilines is 1. The number of rotatable bonds is 8. The van der Waals surface area contributed by atoms with E-state index in [0.29, 0.717) is 5.69 Å². The highest BCUT2D eigenvalue weighted by Gasteiger charge is 2.27. The summed E-state index contributed by atoms with van der Waals surface area (Å²) in [7, 11) is -2.31. The van der Waals surface area contributed by atoms with Gasteiger partial charge in [0.15, 0.2) is 0 Å². The first kappa shape index (κ1) is 21.4. The Labute approximate surface area is 177 Å². The molecule has 1 atom stereocenters. The van der Waals surface area contributed by atoms with Gasteiger partial charge in [-0.2, -0.15) is 0 Å². The monoisotopic (exact) mass is 424 g/mol. The summed E-state index contributed by atoms with van der Waals surface area (Å²) in [6, 6.07) is 23.7. The largest absolute Gasteiger partial charge is 0.497 e. The Balaban J connectivity index is 1.82. The van der Waals surface area contributed by atoms with Gasteiger partial charge in [-0.3, -0.25) is 9.10 Å². The molecule has 0 aliphatic carbocycles. The van der Waals surface area contributed by atoms with Gasteiger partial charge in [-0.25, -0.2) is 8.42 Å². The van der Waals surface area contributed by atoms with Gasteiger partial charge in [-0.05, 0) is 48.9 Å². The van der Waals surface area contributed by atoms with E-state index < -0.39 is 15.9 Å². The van der Waals surface area contributed by atoms with Crippen LogP contribution in [0.4, 0.5) is 5.69 Å². The summed E-state index contributed by atoms with van der Waals surface area (Å²) in [6.07, 6.45) is 0. The fraction of sp³-hybridized carbons (Fsp3) is 0.174. The van der Waals surface area contributed by atoms with Gasteiger partial charge in [-0.1, -0.05) is 48.5 Å². The fourth-order valence-corrected chi connectivity index (χ4v) is 4.46. The zero-order valence-electron chi connectivity index (χ0n) is 16.9. The standard InChI is InChI=1S/C23H24N2O4S/c1-18(19-13-15-21(29-2)16-14-19)24-23(26)17-25(20-9-5-3-6-10-20)30(27,28)22-11-7-4-8-12-22/h3-16,18H,17H2,1-2H3,(H,24,26)/t18-/m0/s1. The lowest BCUT2D eigenvalue weighted by atomic mass is 10.1. The first-order valence-corrected chi connectivity index (χ1v) is 10.9. The van der Waals surface area contributed by atoms with Crippen LogP contribution in [0.3, 0.4) is 0 Å². The molecule has 0 saturated heterocycles. The predicted octanol–water partition coefficient (Wildman–Crippen LogP) is 3.77. The van der Waals surface area contributed by atoms with Gasteiger partial charge >= 0.3 is 0 Å². The maximum Gasteiger partial charge on any atom is 0.264 e. The van der Waals surface area contributed by atoms with Crippen molar-refractivity contribution in [1.29, 1.82) is 0 Å². The number of ether oxygens (including phenoxy) is 1. The van der Waals surface area contributed by atoms with Crippen LogP contribution in [0.25, 0.3) is 0 Å². The number of nitrogens with zero attached hydrogens (tertiary/aromatic N) is 1. The second kappa shape index (κ2) is 9.45. The lowest BCUT2D eigenvalue weighted by Crippen LogP contribution is -2.41. The topological polar surface area (TPSA) is 75.7 Å². The molecular weight excluding hydrogens is 400 g/mol. The van der Waals surface area contributed by atoms with Crippen LogP contribution in [-0.4, -0.2) is 28.0 Å². The number of hydrogen-bond donors (Lipinski definition) is 1. The van der Waals surface area contributed by atoms with Crippen LogP contribution >= 0.6 is 0 Å². The van der Waals surface area contributed by atoms with E-state index in [0.717, 1.165) is 15.6 Å². The van der Waals surface area contributed by atoms with E-state index in [1.54, 1.807) is 55.6 Å². The third-order valence-corrected chi connectivity index (χ3v) is 6.44. The molecule has 0 fully saturated rings. The molecule has 3 rings (SSSR count). The maximum atomic E-state index is 13.2. The molecule has 0 bridgehead atoms. The van der Waals surface area contributed by atoms with E-state index in [-0.39, 0.29) is 17.5 Å². The average molecular weight is 425 g/mol. The molecule has 1 amide bonds. The predicted molar refractivity (Wildman–Crippen MR) is 117 cm³/mol. The molecule has 156 valence electrons. The molecule has 0 unspecified atom stereocenters. The molecule has 0 saturated carbocycles. The zero-order chi connectivity index (χ0) is 21.6. The van der Waals surface area contributed by atoms with Crippen LogP contribution in [0, 0.1) is 0 Å².